The number of aliphatic imine (C=N–C) groups is 2. The first-order chi connectivity index (χ1) is 36.5. The van der Waals surface area contributed by atoms with Gasteiger partial charge in [0.1, 0.15) is 24.7 Å². The van der Waals surface area contributed by atoms with Gasteiger partial charge in [-0.2, -0.15) is 0 Å². The summed E-state index contributed by atoms with van der Waals surface area (Å²) in [5, 5.41) is 22.6. The number of rotatable bonds is 40. The second kappa shape index (κ2) is 40.6. The maximum Gasteiger partial charge on any atom is 2.00 e. The smallest absolute Gasteiger partial charge is 1.00 e. The molecule has 18 nitrogen and oxygen atoms in total. The van der Waals surface area contributed by atoms with Gasteiger partial charge in [-0.25, -0.2) is 0 Å². The summed E-state index contributed by atoms with van der Waals surface area (Å²) in [4.78, 5) is 10.0. The summed E-state index contributed by atoms with van der Waals surface area (Å²) in [7, 11) is 6.32. The van der Waals surface area contributed by atoms with E-state index in [-0.39, 0.29) is 53.1 Å². The Balaban J connectivity index is 0.00000760. The molecule has 4 aromatic carbocycles. The molecule has 76 heavy (non-hydrogen) atoms. The molecule has 2 atom stereocenters. The van der Waals surface area contributed by atoms with Crippen molar-refractivity contribution in [3.8, 4) is 56.8 Å². The molecule has 5 rings (SSSR count). The quantitative estimate of drug-likeness (QED) is 0.0359. The van der Waals surface area contributed by atoms with Crippen LogP contribution in [0.4, 0.5) is 0 Å². The zero-order valence-corrected chi connectivity index (χ0v) is 46.4. The van der Waals surface area contributed by atoms with E-state index in [9.17, 15) is 10.2 Å². The molecule has 2 N–H and O–H groups in total. The van der Waals surface area contributed by atoms with Gasteiger partial charge in [0.25, 0.3) is 0 Å². The number of ether oxygens (including phenoxy) is 14. The van der Waals surface area contributed by atoms with Gasteiger partial charge < -0.3 is 88.9 Å². The zero-order chi connectivity index (χ0) is 52.3. The Morgan fingerprint density at radius 2 is 0.724 bits per heavy atom. The van der Waals surface area contributed by atoms with Crippen LogP contribution >= 0.6 is 0 Å². The first-order valence-corrected chi connectivity index (χ1v) is 25.4. The summed E-state index contributed by atoms with van der Waals surface area (Å²) in [5.74, 6) is 1.89. The fraction of sp³-hybridized carbons (Fsp3) is 0.536. The van der Waals surface area contributed by atoms with Crippen LogP contribution in [-0.4, -0.2) is 195 Å². The molecule has 1 aliphatic carbocycles. The number of nitrogens with zero attached hydrogens (tertiary/aromatic N) is 2. The van der Waals surface area contributed by atoms with Crippen molar-refractivity contribution in [3.05, 3.63) is 83.9 Å². The molecule has 1 saturated carbocycles. The number of aromatic hydroxyl groups is 2. The van der Waals surface area contributed by atoms with Crippen molar-refractivity contribution in [2.24, 2.45) is 9.98 Å². The summed E-state index contributed by atoms with van der Waals surface area (Å²) in [5.41, 5.74) is 4.21. The molecule has 1 aliphatic rings. The number of para-hydroxylation sites is 2. The topological polar surface area (TPSA) is 194 Å². The van der Waals surface area contributed by atoms with Crippen molar-refractivity contribution in [1.82, 2.24) is 0 Å². The minimum absolute atomic E-state index is 0. The molecule has 0 bridgehead atoms. The van der Waals surface area contributed by atoms with Gasteiger partial charge in [0.05, 0.1) is 145 Å². The number of phenols is 2. The molecular formula is C56H78ClMnN2O16+. The molecule has 421 valence electrons. The van der Waals surface area contributed by atoms with Crippen LogP contribution in [-0.2, 0) is 64.4 Å². The van der Waals surface area contributed by atoms with Crippen LogP contribution in [0.3, 0.4) is 0 Å². The monoisotopic (exact) mass is 1120 g/mol. The van der Waals surface area contributed by atoms with Gasteiger partial charge in [-0.3, -0.25) is 9.98 Å². The summed E-state index contributed by atoms with van der Waals surface area (Å²) in [6, 6.07) is 22.4. The number of methoxy groups -OCH3 is 4. The maximum absolute atomic E-state index is 11.3. The summed E-state index contributed by atoms with van der Waals surface area (Å²) >= 11 is 0. The van der Waals surface area contributed by atoms with Gasteiger partial charge in [-0.05, 0) is 60.4 Å². The van der Waals surface area contributed by atoms with Crippen molar-refractivity contribution < 1.29 is 106 Å². The van der Waals surface area contributed by atoms with Crippen molar-refractivity contribution in [3.63, 3.8) is 0 Å². The van der Waals surface area contributed by atoms with Gasteiger partial charge in [-0.15, -0.1) is 0 Å². The van der Waals surface area contributed by atoms with Crippen molar-refractivity contribution in [2.75, 3.05) is 161 Å². The van der Waals surface area contributed by atoms with E-state index < -0.39 is 0 Å². The van der Waals surface area contributed by atoms with E-state index in [1.165, 1.54) is 14.2 Å². The van der Waals surface area contributed by atoms with Crippen molar-refractivity contribution >= 4 is 12.4 Å². The molecule has 0 amide bonds. The SMILES string of the molecule is COCCOCCOCCOCCOCCOc1ccccc1-c1cc(C=NC2CCCCC2N=Cc2cc(-c3ccccc3OCCOCCOCCOCCOCCOC)cc(OC)c2O)c(O)c(OC)c1.[Cl-].[Mn+2]. The van der Waals surface area contributed by atoms with Crippen LogP contribution in [0.1, 0.15) is 36.8 Å². The van der Waals surface area contributed by atoms with Crippen LogP contribution < -0.4 is 31.4 Å². The fourth-order valence-electron chi connectivity index (χ4n) is 7.76. The molecule has 0 spiro atoms. The average Bonchev–Trinajstić information content (AvgIpc) is 3.43. The third kappa shape index (κ3) is 24.0. The van der Waals surface area contributed by atoms with Gasteiger partial charge in [0.15, 0.2) is 23.0 Å². The van der Waals surface area contributed by atoms with Crippen LogP contribution in [0, 0.1) is 0 Å². The van der Waals surface area contributed by atoms with Crippen LogP contribution in [0.5, 0.6) is 34.5 Å². The minimum Gasteiger partial charge on any atom is -1.00 e. The zero-order valence-electron chi connectivity index (χ0n) is 44.5. The molecule has 1 radical (unpaired) electrons. The second-order valence-corrected chi connectivity index (χ2v) is 16.8. The van der Waals surface area contributed by atoms with E-state index in [4.69, 9.17) is 76.3 Å². The van der Waals surface area contributed by atoms with Crippen molar-refractivity contribution in [2.45, 2.75) is 37.8 Å². The predicted octanol–water partition coefficient (Wildman–Crippen LogP) is 4.48. The first-order valence-electron chi connectivity index (χ1n) is 25.4. The van der Waals surface area contributed by atoms with Crippen LogP contribution in [0.15, 0.2) is 82.8 Å². The Bertz CT molecular complexity index is 2070. The van der Waals surface area contributed by atoms with Crippen LogP contribution in [0.25, 0.3) is 22.3 Å². The number of hydrogen-bond donors (Lipinski definition) is 2. The molecule has 0 saturated heterocycles. The molecule has 1 fully saturated rings. The van der Waals surface area contributed by atoms with Crippen molar-refractivity contribution in [1.29, 1.82) is 0 Å². The van der Waals surface area contributed by atoms with E-state index in [1.807, 2.05) is 60.7 Å². The first kappa shape index (κ1) is 65.7. The standard InChI is InChI=1S/C56H78N2O16.ClH.Mn/c1-61-17-19-65-21-23-67-25-27-69-29-31-71-33-35-73-51-15-9-5-11-47(51)43-37-45(55(59)53(39-43)63-3)41-57-49-13-7-8-14-50(49)58-42-46-38-44(40-54(64-4)56(46)60)48-12-6-10-16-52(48)74-36-34-72-32-30-70-28-26-68-24-22-66-20-18-62-2;;/h5-6,9-12,15-16,37-42,49-50,59-60H,7-8,13-14,17-36H2,1-4H3;1H;/q;;+2/p-1. The van der Waals surface area contributed by atoms with Gasteiger partial charge in [-0.1, -0.05) is 49.2 Å². The predicted molar refractivity (Wildman–Crippen MR) is 283 cm³/mol. The Labute approximate surface area is 465 Å². The Hall–Kier alpha value is -4.57. The molecule has 0 aliphatic heterocycles. The van der Waals surface area contributed by atoms with E-state index in [1.54, 1.807) is 38.8 Å². The Morgan fingerprint density at radius 1 is 0.421 bits per heavy atom. The number of phenolic OH excluding ortho intramolecular Hbond substituents is 2. The second-order valence-electron chi connectivity index (χ2n) is 16.8. The van der Waals surface area contributed by atoms with Gasteiger partial charge in [0.2, 0.25) is 0 Å². The summed E-state index contributed by atoms with van der Waals surface area (Å²) in [6.07, 6.45) is 6.98. The molecule has 0 aromatic heterocycles. The largest absolute Gasteiger partial charge is 2.00 e. The van der Waals surface area contributed by atoms with Crippen LogP contribution in [0.2, 0.25) is 0 Å². The molecule has 4 aromatic rings. The normalized spacial score (nSPS) is 14.4. The maximum atomic E-state index is 11.3. The number of hydrogen-bond acceptors (Lipinski definition) is 18. The molecule has 20 heteroatoms. The Kier molecular flexibility index (Phi) is 35.1. The fourth-order valence-corrected chi connectivity index (χ4v) is 7.76. The van der Waals surface area contributed by atoms with E-state index in [2.05, 4.69) is 0 Å². The van der Waals surface area contributed by atoms with E-state index in [0.29, 0.717) is 166 Å². The van der Waals surface area contributed by atoms with Gasteiger partial charge in [0, 0.05) is 48.9 Å². The number of halogens is 1. The third-order valence-electron chi connectivity index (χ3n) is 11.6. The molecule has 2 unspecified atom stereocenters. The summed E-state index contributed by atoms with van der Waals surface area (Å²) < 4.78 is 77.9. The Morgan fingerprint density at radius 3 is 1.04 bits per heavy atom. The van der Waals surface area contributed by atoms with Gasteiger partial charge >= 0.3 is 17.1 Å². The molecular weight excluding hydrogens is 1050 g/mol. The minimum atomic E-state index is -0.175. The van der Waals surface area contributed by atoms with E-state index in [0.717, 1.165) is 47.9 Å². The average molecular weight is 1130 g/mol. The molecule has 0 heterocycles. The van der Waals surface area contributed by atoms with E-state index >= 15 is 0 Å². The number of benzene rings is 4. The third-order valence-corrected chi connectivity index (χ3v) is 11.6. The summed E-state index contributed by atoms with van der Waals surface area (Å²) in [6.45, 7) is 9.31.